The zero-order chi connectivity index (χ0) is 23.3. The van der Waals surface area contributed by atoms with Crippen LogP contribution in [0.25, 0.3) is 0 Å². The van der Waals surface area contributed by atoms with Crippen LogP contribution in [-0.4, -0.2) is 61.3 Å². The van der Waals surface area contributed by atoms with E-state index in [1.165, 1.54) is 11.1 Å². The number of piperidine rings is 1. The molecule has 33 heavy (non-hydrogen) atoms. The molecule has 0 spiro atoms. The summed E-state index contributed by atoms with van der Waals surface area (Å²) in [5.41, 5.74) is 2.68. The Labute approximate surface area is 199 Å². The molecule has 5 heteroatoms. The molecular weight excluding hydrogens is 412 g/mol. The van der Waals surface area contributed by atoms with Gasteiger partial charge in [-0.05, 0) is 50.4 Å². The molecule has 1 aliphatic heterocycles. The van der Waals surface area contributed by atoms with Crippen molar-refractivity contribution in [1.82, 2.24) is 9.80 Å². The molecule has 5 nitrogen and oxygen atoms in total. The van der Waals surface area contributed by atoms with Crippen molar-refractivity contribution in [3.63, 3.8) is 0 Å². The van der Waals surface area contributed by atoms with Crippen LogP contribution < -0.4 is 0 Å². The molecule has 1 saturated heterocycles. The van der Waals surface area contributed by atoms with Gasteiger partial charge in [0, 0.05) is 39.2 Å². The number of ether oxygens (including phenoxy) is 2. The zero-order valence-electron chi connectivity index (χ0n) is 20.3. The fourth-order valence-electron chi connectivity index (χ4n) is 4.76. The first-order chi connectivity index (χ1) is 16.2. The van der Waals surface area contributed by atoms with Crippen molar-refractivity contribution in [3.05, 3.63) is 71.8 Å². The van der Waals surface area contributed by atoms with Gasteiger partial charge in [-0.25, -0.2) is 0 Å². The number of hydrogen-bond donors (Lipinski definition) is 0. The van der Waals surface area contributed by atoms with Crippen LogP contribution in [0.3, 0.4) is 0 Å². The van der Waals surface area contributed by atoms with Crippen molar-refractivity contribution in [3.8, 4) is 0 Å². The van der Waals surface area contributed by atoms with Gasteiger partial charge in [0.05, 0.1) is 12.7 Å². The Bertz CT molecular complexity index is 758. The molecule has 0 aliphatic carbocycles. The van der Waals surface area contributed by atoms with E-state index in [9.17, 15) is 4.79 Å². The van der Waals surface area contributed by atoms with E-state index in [-0.39, 0.29) is 12.1 Å². The van der Waals surface area contributed by atoms with Crippen LogP contribution in [0, 0.1) is 0 Å². The maximum atomic E-state index is 11.5. The molecule has 0 radical (unpaired) electrons. The van der Waals surface area contributed by atoms with Crippen molar-refractivity contribution in [2.45, 2.75) is 64.3 Å². The Kier molecular flexibility index (Phi) is 10.9. The second kappa shape index (κ2) is 14.1. The molecular formula is C28H40N2O3. The third kappa shape index (κ3) is 8.58. The molecule has 2 aromatic carbocycles. The van der Waals surface area contributed by atoms with E-state index in [1.807, 2.05) is 14.0 Å². The highest BCUT2D eigenvalue weighted by Gasteiger charge is 2.33. The largest absolute Gasteiger partial charge is 0.466 e. The minimum absolute atomic E-state index is 0.0744. The third-order valence-corrected chi connectivity index (χ3v) is 6.50. The summed E-state index contributed by atoms with van der Waals surface area (Å²) >= 11 is 0. The van der Waals surface area contributed by atoms with Gasteiger partial charge in [0.15, 0.2) is 0 Å². The normalized spacial score (nSPS) is 19.0. The van der Waals surface area contributed by atoms with Gasteiger partial charge in [-0.1, -0.05) is 67.1 Å². The minimum Gasteiger partial charge on any atom is -0.466 e. The highest BCUT2D eigenvalue weighted by Crippen LogP contribution is 2.24. The molecule has 0 N–H and O–H groups in total. The van der Waals surface area contributed by atoms with Crippen LogP contribution in [0.4, 0.5) is 0 Å². The average molecular weight is 453 g/mol. The summed E-state index contributed by atoms with van der Waals surface area (Å²) in [6.45, 7) is 7.28. The minimum atomic E-state index is -0.0744. The van der Waals surface area contributed by atoms with Crippen LogP contribution >= 0.6 is 0 Å². The van der Waals surface area contributed by atoms with Gasteiger partial charge in [-0.2, -0.15) is 0 Å². The van der Waals surface area contributed by atoms with Crippen LogP contribution in [0.1, 0.15) is 50.2 Å². The van der Waals surface area contributed by atoms with Crippen molar-refractivity contribution < 1.29 is 14.3 Å². The van der Waals surface area contributed by atoms with Crippen molar-refractivity contribution in [1.29, 1.82) is 0 Å². The number of nitrogens with zero attached hydrogens (tertiary/aromatic N) is 2. The summed E-state index contributed by atoms with van der Waals surface area (Å²) < 4.78 is 11.0. The maximum Gasteiger partial charge on any atom is 0.305 e. The number of unbranched alkanes of at least 4 members (excludes halogenated alkanes) is 2. The lowest BCUT2D eigenvalue weighted by Gasteiger charge is -2.43. The van der Waals surface area contributed by atoms with Gasteiger partial charge in [-0.3, -0.25) is 9.69 Å². The van der Waals surface area contributed by atoms with E-state index in [0.29, 0.717) is 19.1 Å². The molecule has 0 amide bonds. The molecule has 0 bridgehead atoms. The van der Waals surface area contributed by atoms with Gasteiger partial charge in [0.25, 0.3) is 0 Å². The molecule has 1 fully saturated rings. The number of carbonyl (C=O) groups is 1. The number of likely N-dealkylation sites (tertiary alicyclic amines) is 1. The molecule has 2 atom stereocenters. The summed E-state index contributed by atoms with van der Waals surface area (Å²) in [5.74, 6) is -0.0744. The average Bonchev–Trinajstić information content (AvgIpc) is 2.85. The Balaban J connectivity index is 1.55. The molecule has 2 unspecified atom stereocenters. The number of hydrogen-bond acceptors (Lipinski definition) is 5. The fourth-order valence-corrected chi connectivity index (χ4v) is 4.76. The molecule has 3 rings (SSSR count). The van der Waals surface area contributed by atoms with Gasteiger partial charge in [0.2, 0.25) is 0 Å². The summed E-state index contributed by atoms with van der Waals surface area (Å²) in [4.78, 5) is 16.6. The van der Waals surface area contributed by atoms with Crippen LogP contribution in [0.15, 0.2) is 60.7 Å². The summed E-state index contributed by atoms with van der Waals surface area (Å²) in [6, 6.07) is 21.9. The Morgan fingerprint density at radius 3 is 2.18 bits per heavy atom. The second-order valence-corrected chi connectivity index (χ2v) is 8.92. The highest BCUT2D eigenvalue weighted by molar-refractivity contribution is 5.69. The lowest BCUT2D eigenvalue weighted by atomic mass is 9.97. The van der Waals surface area contributed by atoms with Gasteiger partial charge >= 0.3 is 5.97 Å². The highest BCUT2D eigenvalue weighted by atomic mass is 16.5. The molecule has 0 saturated carbocycles. The van der Waals surface area contributed by atoms with Crippen molar-refractivity contribution >= 4 is 5.97 Å². The van der Waals surface area contributed by atoms with E-state index in [1.54, 1.807) is 0 Å². The summed E-state index contributed by atoms with van der Waals surface area (Å²) in [7, 11) is 1.85. The van der Waals surface area contributed by atoms with E-state index < -0.39 is 0 Å². The SMILES string of the molecule is CCOC(=O)CCCCCN1CCC(N(Cc2ccccc2)Cc2ccccc2)C(OC)C1. The van der Waals surface area contributed by atoms with E-state index in [2.05, 4.69) is 70.5 Å². The second-order valence-electron chi connectivity index (χ2n) is 8.92. The molecule has 1 aliphatic rings. The fraction of sp³-hybridized carbons (Fsp3) is 0.536. The van der Waals surface area contributed by atoms with E-state index >= 15 is 0 Å². The lowest BCUT2D eigenvalue weighted by Crippen LogP contribution is -2.54. The number of carbonyl (C=O) groups excluding carboxylic acids is 1. The van der Waals surface area contributed by atoms with Gasteiger partial charge < -0.3 is 14.4 Å². The smallest absolute Gasteiger partial charge is 0.305 e. The molecule has 0 aromatic heterocycles. The summed E-state index contributed by atoms with van der Waals surface area (Å²) in [6.07, 6.45) is 4.89. The maximum absolute atomic E-state index is 11.5. The third-order valence-electron chi connectivity index (χ3n) is 6.50. The number of rotatable bonds is 13. The predicted molar refractivity (Wildman–Crippen MR) is 133 cm³/mol. The number of esters is 1. The topological polar surface area (TPSA) is 42.0 Å². The monoisotopic (exact) mass is 452 g/mol. The lowest BCUT2D eigenvalue weighted by molar-refractivity contribution is -0.143. The Morgan fingerprint density at radius 1 is 0.970 bits per heavy atom. The standard InChI is InChI=1S/C28H40N2O3/c1-3-33-28(31)17-11-6-12-19-29-20-18-26(27(23-29)32-2)30(21-24-13-7-4-8-14-24)22-25-15-9-5-10-16-25/h4-5,7-10,13-16,26-27H,3,6,11-12,17-23H2,1-2H3. The van der Waals surface area contributed by atoms with E-state index in [0.717, 1.165) is 58.4 Å². The van der Waals surface area contributed by atoms with Gasteiger partial charge in [-0.15, -0.1) is 0 Å². The van der Waals surface area contributed by atoms with Gasteiger partial charge in [0.1, 0.15) is 0 Å². The van der Waals surface area contributed by atoms with Crippen LogP contribution in [-0.2, 0) is 27.4 Å². The zero-order valence-corrected chi connectivity index (χ0v) is 20.3. The van der Waals surface area contributed by atoms with Crippen molar-refractivity contribution in [2.24, 2.45) is 0 Å². The Hall–Kier alpha value is -2.21. The first-order valence-electron chi connectivity index (χ1n) is 12.4. The van der Waals surface area contributed by atoms with Crippen LogP contribution in [0.5, 0.6) is 0 Å². The molecule has 1 heterocycles. The molecule has 180 valence electrons. The number of methoxy groups -OCH3 is 1. The van der Waals surface area contributed by atoms with E-state index in [4.69, 9.17) is 9.47 Å². The van der Waals surface area contributed by atoms with Crippen molar-refractivity contribution in [2.75, 3.05) is 33.4 Å². The first-order valence-corrected chi connectivity index (χ1v) is 12.4. The Morgan fingerprint density at radius 2 is 1.61 bits per heavy atom. The summed E-state index contributed by atoms with van der Waals surface area (Å²) in [5, 5.41) is 0. The predicted octanol–water partition coefficient (Wildman–Crippen LogP) is 4.90. The number of benzene rings is 2. The first kappa shape index (κ1) is 25.4. The molecule has 2 aromatic rings. The van der Waals surface area contributed by atoms with Crippen LogP contribution in [0.2, 0.25) is 0 Å². The quantitative estimate of drug-likeness (QED) is 0.319.